The summed E-state index contributed by atoms with van der Waals surface area (Å²) < 4.78 is 14.2. The van der Waals surface area contributed by atoms with Crippen LogP contribution in [0.5, 0.6) is 0 Å². The number of hydrogen-bond acceptors (Lipinski definition) is 4. The molecule has 0 bridgehead atoms. The number of carbonyl (C=O) groups excluding carboxylic acids is 3. The predicted octanol–water partition coefficient (Wildman–Crippen LogP) is 3.72. The van der Waals surface area contributed by atoms with Gasteiger partial charge in [-0.1, -0.05) is 60.0 Å². The van der Waals surface area contributed by atoms with Crippen LogP contribution >= 0.6 is 15.9 Å². The Labute approximate surface area is 219 Å². The van der Waals surface area contributed by atoms with Crippen LogP contribution in [0.15, 0.2) is 53.0 Å². The van der Waals surface area contributed by atoms with Gasteiger partial charge in [-0.25, -0.2) is 19.2 Å². The monoisotopic (exact) mass is 559 g/mol. The van der Waals surface area contributed by atoms with Crippen molar-refractivity contribution in [2.24, 2.45) is 0 Å². The second-order valence-corrected chi connectivity index (χ2v) is 10.1. The molecule has 8 nitrogen and oxygen atoms in total. The maximum absolute atomic E-state index is 13.6. The number of carbonyl (C=O) groups is 3. The number of benzene rings is 2. The van der Waals surface area contributed by atoms with Gasteiger partial charge in [0.1, 0.15) is 18.0 Å². The summed E-state index contributed by atoms with van der Waals surface area (Å²) in [7, 11) is 1.70. The van der Waals surface area contributed by atoms with Crippen molar-refractivity contribution in [1.29, 1.82) is 0 Å². The number of rotatable bonds is 7. The van der Waals surface area contributed by atoms with Crippen LogP contribution in [0, 0.1) is 5.82 Å². The first-order valence-electron chi connectivity index (χ1n) is 12.2. The molecule has 0 radical (unpaired) electrons. The Bertz CT molecular complexity index is 1120. The first-order chi connectivity index (χ1) is 17.3. The van der Waals surface area contributed by atoms with Gasteiger partial charge in [0.05, 0.1) is 13.1 Å². The minimum atomic E-state index is -0.629. The predicted molar refractivity (Wildman–Crippen MR) is 137 cm³/mol. The van der Waals surface area contributed by atoms with Crippen LogP contribution < -0.4 is 5.32 Å². The van der Waals surface area contributed by atoms with Crippen LogP contribution in [-0.2, 0) is 22.7 Å². The molecule has 2 aromatic rings. The molecule has 2 fully saturated rings. The molecule has 0 aliphatic carbocycles. The largest absolute Gasteiger partial charge is 0.334 e. The lowest BCUT2D eigenvalue weighted by molar-refractivity contribution is -0.188. The number of piperazine rings is 1. The third-order valence-electron chi connectivity index (χ3n) is 6.60. The average Bonchev–Trinajstić information content (AvgIpc) is 2.84. The number of unbranched alkanes of at least 4 members (excludes halogenated alkanes) is 1. The van der Waals surface area contributed by atoms with E-state index >= 15 is 0 Å². The van der Waals surface area contributed by atoms with E-state index in [-0.39, 0.29) is 43.3 Å². The van der Waals surface area contributed by atoms with E-state index < -0.39 is 12.2 Å². The number of halogens is 2. The Hall–Kier alpha value is -2.98. The normalized spacial score (nSPS) is 20.5. The number of amides is 4. The summed E-state index contributed by atoms with van der Waals surface area (Å²) >= 11 is 3.48. The Morgan fingerprint density at radius 1 is 1.14 bits per heavy atom. The standard InChI is InChI=1S/C26H31BrFN5O3/c1-3-4-8-22-25(35)31(15-19-6-5-7-20(27)13-19)16-23-32(22)24(34)17-30(2)33(23)26(36)29-14-18-9-11-21(28)12-10-18/h5-7,9-13,22-23H,3-4,8,14-17H2,1-2H3,(H,29,36)/t22-,23-/m0/s1. The number of hydrazine groups is 1. The molecule has 2 saturated heterocycles. The molecular weight excluding hydrogens is 529 g/mol. The van der Waals surface area contributed by atoms with E-state index in [0.29, 0.717) is 13.0 Å². The smallest absolute Gasteiger partial charge is 0.333 e. The lowest BCUT2D eigenvalue weighted by Gasteiger charge is -2.54. The van der Waals surface area contributed by atoms with Gasteiger partial charge >= 0.3 is 6.03 Å². The zero-order valence-electron chi connectivity index (χ0n) is 20.5. The van der Waals surface area contributed by atoms with Crippen molar-refractivity contribution in [3.8, 4) is 0 Å². The van der Waals surface area contributed by atoms with Crippen molar-refractivity contribution in [2.45, 2.75) is 51.5 Å². The zero-order chi connectivity index (χ0) is 25.8. The molecule has 2 heterocycles. The number of likely N-dealkylation sites (N-methyl/N-ethyl adjacent to an activating group) is 1. The van der Waals surface area contributed by atoms with Gasteiger partial charge in [0.2, 0.25) is 11.8 Å². The summed E-state index contributed by atoms with van der Waals surface area (Å²) in [6, 6.07) is 12.7. The molecule has 0 unspecified atom stereocenters. The van der Waals surface area contributed by atoms with Crippen molar-refractivity contribution in [3.05, 3.63) is 69.9 Å². The number of urea groups is 1. The molecule has 0 saturated carbocycles. The van der Waals surface area contributed by atoms with Gasteiger partial charge in [0.25, 0.3) is 0 Å². The number of nitrogens with one attached hydrogen (secondary N) is 1. The molecule has 2 aliphatic heterocycles. The molecule has 0 spiro atoms. The summed E-state index contributed by atoms with van der Waals surface area (Å²) in [5, 5.41) is 6.02. The highest BCUT2D eigenvalue weighted by molar-refractivity contribution is 9.10. The van der Waals surface area contributed by atoms with Crippen LogP contribution in [0.4, 0.5) is 9.18 Å². The molecule has 4 amide bonds. The Kier molecular flexibility index (Phi) is 8.25. The molecule has 36 heavy (non-hydrogen) atoms. The highest BCUT2D eigenvalue weighted by atomic mass is 79.9. The summed E-state index contributed by atoms with van der Waals surface area (Å²) in [5.41, 5.74) is 1.72. The first kappa shape index (κ1) is 26.1. The van der Waals surface area contributed by atoms with Crippen LogP contribution in [0.3, 0.4) is 0 Å². The molecular formula is C26H31BrFN5O3. The van der Waals surface area contributed by atoms with Crippen molar-refractivity contribution in [2.75, 3.05) is 20.1 Å². The Morgan fingerprint density at radius 3 is 2.58 bits per heavy atom. The van der Waals surface area contributed by atoms with Gasteiger partial charge in [0, 0.05) is 24.6 Å². The molecule has 0 aromatic heterocycles. The second-order valence-electron chi connectivity index (χ2n) is 9.23. The second kappa shape index (κ2) is 11.4. The summed E-state index contributed by atoms with van der Waals surface area (Å²) in [5.74, 6) is -0.601. The molecule has 4 rings (SSSR count). The third kappa shape index (κ3) is 5.70. The fourth-order valence-corrected chi connectivity index (χ4v) is 5.29. The Morgan fingerprint density at radius 2 is 1.89 bits per heavy atom. The van der Waals surface area contributed by atoms with Crippen LogP contribution in [0.1, 0.15) is 37.3 Å². The van der Waals surface area contributed by atoms with E-state index in [4.69, 9.17) is 0 Å². The minimum absolute atomic E-state index is 0.00199. The lowest BCUT2D eigenvalue weighted by Crippen LogP contribution is -2.75. The molecule has 192 valence electrons. The van der Waals surface area contributed by atoms with Crippen LogP contribution in [0.2, 0.25) is 0 Å². The topological polar surface area (TPSA) is 76.2 Å². The summed E-state index contributed by atoms with van der Waals surface area (Å²) in [6.45, 7) is 2.85. The van der Waals surface area contributed by atoms with Crippen molar-refractivity contribution in [1.82, 2.24) is 25.1 Å². The van der Waals surface area contributed by atoms with Gasteiger partial charge in [-0.15, -0.1) is 0 Å². The van der Waals surface area contributed by atoms with E-state index in [9.17, 15) is 18.8 Å². The molecule has 2 atom stereocenters. The quantitative estimate of drug-likeness (QED) is 0.561. The maximum atomic E-state index is 13.6. The van der Waals surface area contributed by atoms with Crippen LogP contribution in [0.25, 0.3) is 0 Å². The molecule has 2 aromatic carbocycles. The molecule has 2 aliphatic rings. The van der Waals surface area contributed by atoms with Gasteiger partial charge in [0.15, 0.2) is 0 Å². The lowest BCUT2D eigenvalue weighted by atomic mass is 10.0. The van der Waals surface area contributed by atoms with Crippen molar-refractivity contribution in [3.63, 3.8) is 0 Å². The SMILES string of the molecule is CCCC[C@H]1C(=O)N(Cc2cccc(Br)c2)C[C@H]2N1C(=O)CN(C)N2C(=O)NCc1ccc(F)cc1. The Balaban J connectivity index is 1.59. The van der Waals surface area contributed by atoms with E-state index in [1.165, 1.54) is 17.1 Å². The van der Waals surface area contributed by atoms with Gasteiger partial charge < -0.3 is 15.1 Å². The minimum Gasteiger partial charge on any atom is -0.333 e. The third-order valence-corrected chi connectivity index (χ3v) is 7.09. The van der Waals surface area contributed by atoms with Crippen molar-refractivity contribution < 1.29 is 18.8 Å². The first-order valence-corrected chi connectivity index (χ1v) is 12.9. The number of nitrogens with zero attached hydrogens (tertiary/aromatic N) is 4. The fraction of sp³-hybridized carbons (Fsp3) is 0.423. The van der Waals surface area contributed by atoms with E-state index in [0.717, 1.165) is 28.4 Å². The highest BCUT2D eigenvalue weighted by Crippen LogP contribution is 2.29. The van der Waals surface area contributed by atoms with E-state index in [2.05, 4.69) is 21.2 Å². The molecule has 1 N–H and O–H groups in total. The maximum Gasteiger partial charge on any atom is 0.334 e. The number of hydrogen-bond donors (Lipinski definition) is 1. The summed E-state index contributed by atoms with van der Waals surface area (Å²) in [4.78, 5) is 43.5. The van der Waals surface area contributed by atoms with E-state index in [1.54, 1.807) is 34.0 Å². The van der Waals surface area contributed by atoms with E-state index in [1.807, 2.05) is 31.2 Å². The zero-order valence-corrected chi connectivity index (χ0v) is 22.1. The van der Waals surface area contributed by atoms with Crippen molar-refractivity contribution >= 4 is 33.8 Å². The average molecular weight is 560 g/mol. The highest BCUT2D eigenvalue weighted by Gasteiger charge is 2.50. The summed E-state index contributed by atoms with van der Waals surface area (Å²) in [6.07, 6.45) is 1.60. The van der Waals surface area contributed by atoms with Crippen LogP contribution in [-0.4, -0.2) is 70.0 Å². The molecule has 10 heteroatoms. The number of fused-ring (bicyclic) bond motifs is 1. The van der Waals surface area contributed by atoms with Gasteiger partial charge in [-0.05, 0) is 41.8 Å². The van der Waals surface area contributed by atoms with Gasteiger partial charge in [-0.3, -0.25) is 9.59 Å². The fourth-order valence-electron chi connectivity index (χ4n) is 4.84. The van der Waals surface area contributed by atoms with Gasteiger partial charge in [-0.2, -0.15) is 0 Å².